The fraction of sp³-hybridized carbons (Fsp3) is 0.667. The number of fused-ring (bicyclic) bond motifs is 3. The van der Waals surface area contributed by atoms with Gasteiger partial charge in [0.05, 0.1) is 22.1 Å². The van der Waals surface area contributed by atoms with Crippen molar-refractivity contribution in [2.45, 2.75) is 145 Å². The van der Waals surface area contributed by atoms with E-state index in [4.69, 9.17) is 19.9 Å². The van der Waals surface area contributed by atoms with Crippen molar-refractivity contribution < 1.29 is 0 Å². The van der Waals surface area contributed by atoms with Crippen molar-refractivity contribution in [1.29, 1.82) is 0 Å². The van der Waals surface area contributed by atoms with Crippen molar-refractivity contribution in [3.8, 4) is 0 Å². The van der Waals surface area contributed by atoms with Crippen LogP contribution in [0, 0.1) is 35.5 Å². The number of hydrogen-bond acceptors (Lipinski definition) is 4. The predicted octanol–water partition coefficient (Wildman–Crippen LogP) is 12.3. The van der Waals surface area contributed by atoms with Gasteiger partial charge in [0.25, 0.3) is 0 Å². The normalized spacial score (nSPS) is 14.9. The van der Waals surface area contributed by atoms with E-state index in [2.05, 4.69) is 67.5 Å². The summed E-state index contributed by atoms with van der Waals surface area (Å²) in [5, 5.41) is 0. The molecule has 0 saturated carbocycles. The zero-order valence-electron chi connectivity index (χ0n) is 30.6. The molecule has 0 N–H and O–H groups in total. The Morgan fingerprint density at radius 2 is 0.739 bits per heavy atom. The molecule has 4 unspecified atom stereocenters. The first-order valence-corrected chi connectivity index (χ1v) is 18.9. The van der Waals surface area contributed by atoms with Crippen LogP contribution in [0.4, 0.5) is 0 Å². The number of para-hydroxylation sites is 2. The maximum absolute atomic E-state index is 5.01. The molecule has 0 aliphatic carbocycles. The van der Waals surface area contributed by atoms with E-state index in [-0.39, 0.29) is 0 Å². The highest BCUT2D eigenvalue weighted by molar-refractivity contribution is 5.88. The van der Waals surface area contributed by atoms with Gasteiger partial charge < -0.3 is 0 Å². The maximum Gasteiger partial charge on any atom is 0.199 e. The highest BCUT2D eigenvalue weighted by Gasteiger charge is 2.16. The van der Waals surface area contributed by atoms with Crippen LogP contribution in [-0.2, 0) is 12.8 Å². The highest BCUT2D eigenvalue weighted by Crippen LogP contribution is 2.29. The van der Waals surface area contributed by atoms with E-state index in [1.54, 1.807) is 0 Å². The Kier molecular flexibility index (Phi) is 14.2. The standard InChI is InChI=1S/C42H64N4/c1-29(2)15-11-17-31(5)19-13-21-33(7)25-35-27-39-40(46-42-41(45-39)43-37-23-9-10-24-38(37)44-42)28-36(35)26-34(8)22-14-20-32(6)18-12-16-30(3)4/h9-10,23-24,27-34H,11-22,25-26H2,1-8H3. The summed E-state index contributed by atoms with van der Waals surface area (Å²) in [5.74, 6) is 4.62. The lowest BCUT2D eigenvalue weighted by molar-refractivity contribution is 0.396. The smallest absolute Gasteiger partial charge is 0.199 e. The summed E-state index contributed by atoms with van der Waals surface area (Å²) in [6, 6.07) is 12.7. The third kappa shape index (κ3) is 11.6. The Balaban J connectivity index is 1.46. The fourth-order valence-electron chi connectivity index (χ4n) is 7.20. The molecular formula is C42H64N4. The predicted molar refractivity (Wildman–Crippen MR) is 199 cm³/mol. The summed E-state index contributed by atoms with van der Waals surface area (Å²) in [4.78, 5) is 19.7. The molecule has 4 atom stereocenters. The molecule has 0 saturated heterocycles. The lowest BCUT2D eigenvalue weighted by Crippen LogP contribution is -2.09. The molecule has 4 nitrogen and oxygen atoms in total. The molecule has 2 heterocycles. The lowest BCUT2D eigenvalue weighted by Gasteiger charge is -2.20. The van der Waals surface area contributed by atoms with Gasteiger partial charge in [0.1, 0.15) is 0 Å². The van der Waals surface area contributed by atoms with Crippen molar-refractivity contribution >= 4 is 33.4 Å². The van der Waals surface area contributed by atoms with Crippen molar-refractivity contribution in [1.82, 2.24) is 19.9 Å². The molecule has 0 amide bonds. The first-order chi connectivity index (χ1) is 22.1. The zero-order chi connectivity index (χ0) is 33.1. The molecular weight excluding hydrogens is 560 g/mol. The van der Waals surface area contributed by atoms with Crippen molar-refractivity contribution in [2.75, 3.05) is 0 Å². The quantitative estimate of drug-likeness (QED) is 0.0918. The van der Waals surface area contributed by atoms with Crippen LogP contribution in [0.2, 0.25) is 0 Å². The van der Waals surface area contributed by atoms with Crippen LogP contribution in [0.1, 0.15) is 144 Å². The zero-order valence-corrected chi connectivity index (χ0v) is 30.6. The first kappa shape index (κ1) is 36.2. The van der Waals surface area contributed by atoms with Gasteiger partial charge in [0.15, 0.2) is 11.3 Å². The topological polar surface area (TPSA) is 51.6 Å². The number of benzene rings is 2. The van der Waals surface area contributed by atoms with Gasteiger partial charge in [-0.25, -0.2) is 19.9 Å². The van der Waals surface area contributed by atoms with Crippen LogP contribution >= 0.6 is 0 Å². The van der Waals surface area contributed by atoms with E-state index in [0.717, 1.165) is 58.6 Å². The molecule has 0 radical (unpaired) electrons. The number of rotatable bonds is 20. The van der Waals surface area contributed by atoms with E-state index >= 15 is 0 Å². The van der Waals surface area contributed by atoms with Crippen LogP contribution in [0.25, 0.3) is 33.4 Å². The van der Waals surface area contributed by atoms with Gasteiger partial charge in [0, 0.05) is 0 Å². The van der Waals surface area contributed by atoms with E-state index in [1.165, 1.54) is 88.2 Å². The largest absolute Gasteiger partial charge is 0.224 e. The molecule has 0 fully saturated rings. The third-order valence-electron chi connectivity index (χ3n) is 10.2. The minimum absolute atomic E-state index is 0.639. The summed E-state index contributed by atoms with van der Waals surface area (Å²) in [5.41, 5.74) is 7.84. The SMILES string of the molecule is CC(C)CCCC(C)CCCC(C)Cc1cc2nc3nc4ccccc4nc3nc2cc1CC(C)CCCC(C)CCCC(C)C. The average Bonchev–Trinajstić information content (AvgIpc) is 2.99. The molecule has 0 bridgehead atoms. The Morgan fingerprint density at radius 3 is 1.11 bits per heavy atom. The number of hydrogen-bond donors (Lipinski definition) is 0. The Bertz CT molecular complexity index is 1380. The Hall–Kier alpha value is -2.62. The van der Waals surface area contributed by atoms with Crippen molar-refractivity contribution in [2.24, 2.45) is 35.5 Å². The van der Waals surface area contributed by atoms with Gasteiger partial charge in [-0.2, -0.15) is 0 Å². The van der Waals surface area contributed by atoms with E-state index in [9.17, 15) is 0 Å². The summed E-state index contributed by atoms with van der Waals surface area (Å²) in [6.45, 7) is 19.2. The van der Waals surface area contributed by atoms with E-state index < -0.39 is 0 Å². The van der Waals surface area contributed by atoms with Crippen LogP contribution in [0.3, 0.4) is 0 Å². The fourth-order valence-corrected chi connectivity index (χ4v) is 7.20. The lowest BCUT2D eigenvalue weighted by atomic mass is 9.86. The first-order valence-electron chi connectivity index (χ1n) is 18.9. The Morgan fingerprint density at radius 1 is 0.413 bits per heavy atom. The second-order valence-corrected chi connectivity index (χ2v) is 16.0. The number of aromatic nitrogens is 4. The molecule has 4 rings (SSSR count). The van der Waals surface area contributed by atoms with Crippen LogP contribution in [-0.4, -0.2) is 19.9 Å². The minimum atomic E-state index is 0.639. The van der Waals surface area contributed by atoms with Gasteiger partial charge in [-0.3, -0.25) is 0 Å². The van der Waals surface area contributed by atoms with Gasteiger partial charge in [0.2, 0.25) is 0 Å². The van der Waals surface area contributed by atoms with Crippen molar-refractivity contribution in [3.63, 3.8) is 0 Å². The van der Waals surface area contributed by atoms with Gasteiger partial charge in [-0.05, 0) is 83.7 Å². The molecule has 0 aliphatic heterocycles. The molecule has 4 heteroatoms. The Labute approximate surface area is 281 Å². The molecule has 2 aromatic heterocycles. The van der Waals surface area contributed by atoms with Gasteiger partial charge in [-0.1, -0.05) is 145 Å². The second kappa shape index (κ2) is 18.1. The minimum Gasteiger partial charge on any atom is -0.224 e. The summed E-state index contributed by atoms with van der Waals surface area (Å²) < 4.78 is 0. The van der Waals surface area contributed by atoms with E-state index in [0.29, 0.717) is 23.1 Å². The highest BCUT2D eigenvalue weighted by atomic mass is 15.0. The third-order valence-corrected chi connectivity index (χ3v) is 10.2. The van der Waals surface area contributed by atoms with E-state index in [1.807, 2.05) is 24.3 Å². The van der Waals surface area contributed by atoms with Gasteiger partial charge >= 0.3 is 0 Å². The summed E-state index contributed by atoms with van der Waals surface area (Å²) in [6.07, 6.45) is 18.4. The molecule has 0 spiro atoms. The summed E-state index contributed by atoms with van der Waals surface area (Å²) >= 11 is 0. The molecule has 46 heavy (non-hydrogen) atoms. The van der Waals surface area contributed by atoms with Crippen LogP contribution in [0.15, 0.2) is 36.4 Å². The summed E-state index contributed by atoms with van der Waals surface area (Å²) in [7, 11) is 0. The maximum atomic E-state index is 5.01. The average molecular weight is 625 g/mol. The molecule has 0 aliphatic rings. The number of nitrogens with zero attached hydrogens (tertiary/aromatic N) is 4. The molecule has 4 aromatic rings. The van der Waals surface area contributed by atoms with Crippen LogP contribution in [0.5, 0.6) is 0 Å². The van der Waals surface area contributed by atoms with Crippen molar-refractivity contribution in [3.05, 3.63) is 47.5 Å². The van der Waals surface area contributed by atoms with Crippen LogP contribution < -0.4 is 0 Å². The van der Waals surface area contributed by atoms with Gasteiger partial charge in [-0.15, -0.1) is 0 Å². The molecule has 252 valence electrons. The molecule has 2 aromatic carbocycles. The monoisotopic (exact) mass is 625 g/mol. The second-order valence-electron chi connectivity index (χ2n) is 16.0.